The number of sulfonamides is 1. The van der Waals surface area contributed by atoms with Crippen LogP contribution in [0.4, 0.5) is 0 Å². The first-order valence-electron chi connectivity index (χ1n) is 6.33. The fourth-order valence-electron chi connectivity index (χ4n) is 1.57. The van der Waals surface area contributed by atoms with Gasteiger partial charge < -0.3 is 5.32 Å². The Morgan fingerprint density at radius 2 is 1.85 bits per heavy atom. The highest BCUT2D eigenvalue weighted by Crippen LogP contribution is 2.05. The molecule has 0 atom stereocenters. The molecule has 112 valence electrons. The van der Waals surface area contributed by atoms with Gasteiger partial charge in [-0.15, -0.1) is 11.6 Å². The third-order valence-corrected chi connectivity index (χ3v) is 4.41. The number of amides is 1. The molecule has 2 N–H and O–H groups in total. The molecule has 0 aliphatic carbocycles. The molecule has 7 heteroatoms. The van der Waals surface area contributed by atoms with E-state index in [1.165, 1.54) is 0 Å². The zero-order valence-electron chi connectivity index (χ0n) is 11.4. The second-order valence-electron chi connectivity index (χ2n) is 4.31. The monoisotopic (exact) mass is 318 g/mol. The Balaban J connectivity index is 2.51. The van der Waals surface area contributed by atoms with Gasteiger partial charge >= 0.3 is 0 Å². The van der Waals surface area contributed by atoms with E-state index in [1.54, 1.807) is 31.3 Å². The van der Waals surface area contributed by atoms with Gasteiger partial charge in [-0.3, -0.25) is 4.79 Å². The van der Waals surface area contributed by atoms with Crippen LogP contribution in [0.2, 0.25) is 0 Å². The molecule has 1 rings (SSSR count). The summed E-state index contributed by atoms with van der Waals surface area (Å²) in [6.45, 7) is 0.219. The maximum absolute atomic E-state index is 11.7. The number of unbranched alkanes of at least 4 members (excludes halogenated alkanes) is 1. The number of nitrogens with one attached hydrogen (secondary N) is 2. The van der Waals surface area contributed by atoms with Crippen molar-refractivity contribution in [1.82, 2.24) is 10.0 Å². The molecule has 0 bridgehead atoms. The first-order chi connectivity index (χ1) is 9.48. The Labute approximate surface area is 124 Å². The molecule has 0 fully saturated rings. The van der Waals surface area contributed by atoms with Crippen LogP contribution < -0.4 is 10.0 Å². The highest BCUT2D eigenvalue weighted by Gasteiger charge is 2.09. The van der Waals surface area contributed by atoms with Gasteiger partial charge in [-0.25, -0.2) is 13.1 Å². The molecule has 0 saturated carbocycles. The standard InChI is InChI=1S/C13H19ClN2O3S/c1-15-13(17)12-6-4-11(5-7-12)10-16-20(18,19)9-3-2-8-14/h4-7,16H,2-3,8-10H2,1H3,(H,15,17). The number of benzene rings is 1. The lowest BCUT2D eigenvalue weighted by Gasteiger charge is -2.07. The maximum atomic E-state index is 11.7. The molecule has 0 saturated heterocycles. The molecule has 1 amide bonds. The van der Waals surface area contributed by atoms with Gasteiger partial charge in [0.15, 0.2) is 0 Å². The average Bonchev–Trinajstić information content (AvgIpc) is 2.45. The van der Waals surface area contributed by atoms with E-state index in [1.807, 2.05) is 0 Å². The number of hydrogen-bond donors (Lipinski definition) is 2. The summed E-state index contributed by atoms with van der Waals surface area (Å²) in [5.74, 6) is 0.380. The van der Waals surface area contributed by atoms with Gasteiger partial charge in [-0.2, -0.15) is 0 Å². The molecule has 0 heterocycles. The molecule has 0 aliphatic rings. The van der Waals surface area contributed by atoms with E-state index in [9.17, 15) is 13.2 Å². The molecule has 1 aromatic rings. The minimum atomic E-state index is -3.27. The van der Waals surface area contributed by atoms with E-state index in [-0.39, 0.29) is 18.2 Å². The molecule has 0 aliphatic heterocycles. The van der Waals surface area contributed by atoms with Crippen molar-refractivity contribution in [2.45, 2.75) is 19.4 Å². The van der Waals surface area contributed by atoms with E-state index in [0.717, 1.165) is 5.56 Å². The number of hydrogen-bond acceptors (Lipinski definition) is 3. The predicted octanol–water partition coefficient (Wildman–Crippen LogP) is 1.48. The Morgan fingerprint density at radius 1 is 1.20 bits per heavy atom. The second kappa shape index (κ2) is 8.24. The molecule has 0 radical (unpaired) electrons. The summed E-state index contributed by atoms with van der Waals surface area (Å²) in [5, 5.41) is 2.52. The topological polar surface area (TPSA) is 75.3 Å². The average molecular weight is 319 g/mol. The van der Waals surface area contributed by atoms with Crippen LogP contribution in [0, 0.1) is 0 Å². The highest BCUT2D eigenvalue weighted by molar-refractivity contribution is 7.89. The normalized spacial score (nSPS) is 11.3. The quantitative estimate of drug-likeness (QED) is 0.563. The lowest BCUT2D eigenvalue weighted by Crippen LogP contribution is -2.26. The zero-order valence-corrected chi connectivity index (χ0v) is 12.9. The van der Waals surface area contributed by atoms with E-state index in [2.05, 4.69) is 10.0 Å². The van der Waals surface area contributed by atoms with E-state index < -0.39 is 10.0 Å². The van der Waals surface area contributed by atoms with Crippen molar-refractivity contribution in [3.05, 3.63) is 35.4 Å². The van der Waals surface area contributed by atoms with E-state index in [4.69, 9.17) is 11.6 Å². The largest absolute Gasteiger partial charge is 0.355 e. The second-order valence-corrected chi connectivity index (χ2v) is 6.62. The van der Waals surface area contributed by atoms with Crippen LogP contribution in [0.3, 0.4) is 0 Å². The van der Waals surface area contributed by atoms with Gasteiger partial charge in [0.1, 0.15) is 0 Å². The molecule has 1 aromatic carbocycles. The Morgan fingerprint density at radius 3 is 2.40 bits per heavy atom. The van der Waals surface area contributed by atoms with Crippen molar-refractivity contribution >= 4 is 27.5 Å². The van der Waals surface area contributed by atoms with Crippen LogP contribution in [0.15, 0.2) is 24.3 Å². The van der Waals surface area contributed by atoms with Gasteiger partial charge in [0.25, 0.3) is 5.91 Å². The SMILES string of the molecule is CNC(=O)c1ccc(CNS(=O)(=O)CCCCCl)cc1. The Hall–Kier alpha value is -1.11. The van der Waals surface area contributed by atoms with Crippen molar-refractivity contribution in [1.29, 1.82) is 0 Å². The van der Waals surface area contributed by atoms with Crippen LogP contribution >= 0.6 is 11.6 Å². The third-order valence-electron chi connectivity index (χ3n) is 2.74. The summed E-state index contributed by atoms with van der Waals surface area (Å²) in [6.07, 6.45) is 1.23. The van der Waals surface area contributed by atoms with Crippen LogP contribution in [0.5, 0.6) is 0 Å². The fourth-order valence-corrected chi connectivity index (χ4v) is 2.87. The number of halogens is 1. The minimum Gasteiger partial charge on any atom is -0.355 e. The molecular formula is C13H19ClN2O3S. The summed E-state index contributed by atoms with van der Waals surface area (Å²) in [7, 11) is -1.71. The van der Waals surface area contributed by atoms with Gasteiger partial charge in [0, 0.05) is 25.0 Å². The minimum absolute atomic E-state index is 0.0794. The predicted molar refractivity (Wildman–Crippen MR) is 80.4 cm³/mol. The Kier molecular flexibility index (Phi) is 6.98. The first-order valence-corrected chi connectivity index (χ1v) is 8.51. The van der Waals surface area contributed by atoms with Crippen LogP contribution in [-0.2, 0) is 16.6 Å². The number of rotatable bonds is 8. The molecule has 20 heavy (non-hydrogen) atoms. The van der Waals surface area contributed by atoms with Gasteiger partial charge in [0.2, 0.25) is 10.0 Å². The van der Waals surface area contributed by atoms with Gasteiger partial charge in [-0.05, 0) is 30.5 Å². The highest BCUT2D eigenvalue weighted by atomic mass is 35.5. The molecule has 5 nitrogen and oxygen atoms in total. The number of alkyl halides is 1. The van der Waals surface area contributed by atoms with Crippen molar-refractivity contribution in [2.24, 2.45) is 0 Å². The molecule has 0 unspecified atom stereocenters. The first kappa shape index (κ1) is 16.9. The van der Waals surface area contributed by atoms with Gasteiger partial charge in [-0.1, -0.05) is 12.1 Å². The lowest BCUT2D eigenvalue weighted by atomic mass is 10.1. The Bertz CT molecular complexity index is 529. The summed E-state index contributed by atoms with van der Waals surface area (Å²) in [4.78, 5) is 11.4. The molecular weight excluding hydrogens is 300 g/mol. The summed E-state index contributed by atoms with van der Waals surface area (Å²) >= 11 is 5.51. The van der Waals surface area contributed by atoms with Crippen LogP contribution in [0.25, 0.3) is 0 Å². The lowest BCUT2D eigenvalue weighted by molar-refractivity contribution is 0.0963. The van der Waals surface area contributed by atoms with Gasteiger partial charge in [0.05, 0.1) is 5.75 Å². The van der Waals surface area contributed by atoms with E-state index in [0.29, 0.717) is 24.3 Å². The summed E-state index contributed by atoms with van der Waals surface area (Å²) in [5.41, 5.74) is 1.35. The van der Waals surface area contributed by atoms with Crippen LogP contribution in [-0.4, -0.2) is 33.0 Å². The van der Waals surface area contributed by atoms with Crippen molar-refractivity contribution in [3.8, 4) is 0 Å². The molecule has 0 spiro atoms. The van der Waals surface area contributed by atoms with E-state index >= 15 is 0 Å². The summed E-state index contributed by atoms with van der Waals surface area (Å²) < 4.78 is 25.9. The number of carbonyl (C=O) groups excluding carboxylic acids is 1. The zero-order chi connectivity index (χ0) is 15.0. The third kappa shape index (κ3) is 5.90. The van der Waals surface area contributed by atoms with Crippen molar-refractivity contribution < 1.29 is 13.2 Å². The fraction of sp³-hybridized carbons (Fsp3) is 0.462. The number of carbonyl (C=O) groups is 1. The smallest absolute Gasteiger partial charge is 0.251 e. The summed E-state index contributed by atoms with van der Waals surface area (Å²) in [6, 6.07) is 6.78. The molecule has 0 aromatic heterocycles. The maximum Gasteiger partial charge on any atom is 0.251 e. The van der Waals surface area contributed by atoms with Crippen LogP contribution in [0.1, 0.15) is 28.8 Å². The van der Waals surface area contributed by atoms with Crippen molar-refractivity contribution in [2.75, 3.05) is 18.7 Å². The van der Waals surface area contributed by atoms with Crippen molar-refractivity contribution in [3.63, 3.8) is 0 Å².